The number of nitrogen functional groups attached to an aromatic ring is 1. The predicted molar refractivity (Wildman–Crippen MR) is 121 cm³/mol. The number of nitrogens with zero attached hydrogens (tertiary/aromatic N) is 2. The largest absolute Gasteiger partial charge is 0.383 e. The number of rotatable bonds is 2. The monoisotopic (exact) mass is 465 g/mol. The number of anilines is 1. The molecular formula is C24H24BrN3O2. The van der Waals surface area contributed by atoms with E-state index in [-0.39, 0.29) is 12.0 Å². The van der Waals surface area contributed by atoms with Crippen molar-refractivity contribution in [3.8, 4) is 0 Å². The molecule has 6 heteroatoms. The predicted octanol–water partition coefficient (Wildman–Crippen LogP) is 5.05. The van der Waals surface area contributed by atoms with Gasteiger partial charge in [-0.1, -0.05) is 35.0 Å². The van der Waals surface area contributed by atoms with E-state index in [9.17, 15) is 4.79 Å². The van der Waals surface area contributed by atoms with Crippen molar-refractivity contribution < 1.29 is 9.53 Å². The van der Waals surface area contributed by atoms with Gasteiger partial charge in [0.2, 0.25) is 0 Å². The summed E-state index contributed by atoms with van der Waals surface area (Å²) in [7, 11) is 0. The molecule has 2 aliphatic heterocycles. The molecule has 5 nitrogen and oxygen atoms in total. The number of nitrogens with two attached hydrogens (primary N) is 1. The molecule has 1 fully saturated rings. The molecule has 0 radical (unpaired) electrons. The Morgan fingerprint density at radius 2 is 1.93 bits per heavy atom. The zero-order chi connectivity index (χ0) is 21.0. The summed E-state index contributed by atoms with van der Waals surface area (Å²) in [4.78, 5) is 19.9. The lowest BCUT2D eigenvalue weighted by Gasteiger charge is -2.18. The number of carbonyl (C=O) groups is 1. The molecule has 0 spiro atoms. The van der Waals surface area contributed by atoms with Crippen LogP contribution in [0.15, 0.2) is 46.9 Å². The Kier molecular flexibility index (Phi) is 4.79. The van der Waals surface area contributed by atoms with Gasteiger partial charge >= 0.3 is 0 Å². The molecule has 30 heavy (non-hydrogen) atoms. The summed E-state index contributed by atoms with van der Waals surface area (Å²) in [5.41, 5.74) is 10.9. The second-order valence-electron chi connectivity index (χ2n) is 8.42. The second-order valence-corrected chi connectivity index (χ2v) is 9.34. The molecule has 0 aliphatic carbocycles. The highest BCUT2D eigenvalue weighted by atomic mass is 79.9. The van der Waals surface area contributed by atoms with Crippen LogP contribution in [0.4, 0.5) is 5.82 Å². The minimum Gasteiger partial charge on any atom is -0.383 e. The highest BCUT2D eigenvalue weighted by molar-refractivity contribution is 9.10. The second kappa shape index (κ2) is 7.36. The fraction of sp³-hybridized carbons (Fsp3) is 0.333. The van der Waals surface area contributed by atoms with E-state index in [1.807, 2.05) is 30.0 Å². The molecular weight excluding hydrogens is 442 g/mol. The van der Waals surface area contributed by atoms with Crippen LogP contribution in [0.2, 0.25) is 0 Å². The van der Waals surface area contributed by atoms with E-state index in [1.165, 1.54) is 5.56 Å². The first kappa shape index (κ1) is 19.5. The van der Waals surface area contributed by atoms with Gasteiger partial charge < -0.3 is 15.4 Å². The SMILES string of the molecule is C[C@@H]1CN(C(=O)c2ccc3nc(N)c4c(c3c2)CO[C@@H]4C)C[C@H]1c1ccc(Br)cc1. The summed E-state index contributed by atoms with van der Waals surface area (Å²) in [6.07, 6.45) is -0.0673. The standard InChI is InChI=1S/C24H24BrN3O2/c1-13-10-28(11-19(13)15-3-6-17(25)7-4-15)24(29)16-5-8-21-18(9-16)20-12-30-14(2)22(20)23(26)27-21/h3-9,13-14,19H,10-12H2,1-2H3,(H2,26,27)/t13-,14-,19-/m1/s1. The van der Waals surface area contributed by atoms with Gasteiger partial charge in [-0.25, -0.2) is 4.98 Å². The maximum Gasteiger partial charge on any atom is 0.253 e. The molecule has 2 N–H and O–H groups in total. The number of amides is 1. The van der Waals surface area contributed by atoms with E-state index in [0.717, 1.165) is 39.6 Å². The van der Waals surface area contributed by atoms with Crippen molar-refractivity contribution >= 4 is 38.6 Å². The number of hydrogen-bond acceptors (Lipinski definition) is 4. The molecule has 0 unspecified atom stereocenters. The maximum absolute atomic E-state index is 13.3. The van der Waals surface area contributed by atoms with Crippen LogP contribution in [-0.2, 0) is 11.3 Å². The molecule has 0 saturated carbocycles. The lowest BCUT2D eigenvalue weighted by atomic mass is 9.90. The van der Waals surface area contributed by atoms with E-state index >= 15 is 0 Å². The van der Waals surface area contributed by atoms with E-state index < -0.39 is 0 Å². The Bertz CT molecular complexity index is 1150. The first-order valence-electron chi connectivity index (χ1n) is 10.3. The first-order chi connectivity index (χ1) is 14.4. The summed E-state index contributed by atoms with van der Waals surface area (Å²) in [6, 6.07) is 14.2. The summed E-state index contributed by atoms with van der Waals surface area (Å²) < 4.78 is 6.85. The summed E-state index contributed by atoms with van der Waals surface area (Å²) in [6.45, 7) is 6.20. The van der Waals surface area contributed by atoms with Crippen molar-refractivity contribution in [3.63, 3.8) is 0 Å². The zero-order valence-corrected chi connectivity index (χ0v) is 18.6. The number of likely N-dealkylation sites (tertiary alicyclic amines) is 1. The zero-order valence-electron chi connectivity index (χ0n) is 17.1. The molecule has 3 aromatic rings. The van der Waals surface area contributed by atoms with Crippen molar-refractivity contribution in [1.82, 2.24) is 9.88 Å². The molecule has 3 heterocycles. The summed E-state index contributed by atoms with van der Waals surface area (Å²) >= 11 is 3.50. The average molecular weight is 466 g/mol. The van der Waals surface area contributed by atoms with E-state index in [1.54, 1.807) is 0 Å². The smallest absolute Gasteiger partial charge is 0.253 e. The fourth-order valence-electron chi connectivity index (χ4n) is 4.86. The van der Waals surface area contributed by atoms with E-state index in [4.69, 9.17) is 10.5 Å². The molecule has 2 aromatic carbocycles. The van der Waals surface area contributed by atoms with Crippen LogP contribution in [-0.4, -0.2) is 28.9 Å². The quantitative estimate of drug-likeness (QED) is 0.574. The van der Waals surface area contributed by atoms with Gasteiger partial charge in [0.25, 0.3) is 5.91 Å². The molecule has 0 bridgehead atoms. The van der Waals surface area contributed by atoms with Crippen molar-refractivity contribution in [2.24, 2.45) is 5.92 Å². The Morgan fingerprint density at radius 1 is 1.17 bits per heavy atom. The third-order valence-electron chi connectivity index (χ3n) is 6.49. The van der Waals surface area contributed by atoms with E-state index in [0.29, 0.717) is 29.8 Å². The number of aromatic nitrogens is 1. The average Bonchev–Trinajstić information content (AvgIpc) is 3.32. The topological polar surface area (TPSA) is 68.5 Å². The number of halogens is 1. The van der Waals surface area contributed by atoms with Gasteiger partial charge in [-0.15, -0.1) is 0 Å². The summed E-state index contributed by atoms with van der Waals surface area (Å²) in [5.74, 6) is 1.35. The van der Waals surface area contributed by atoms with E-state index in [2.05, 4.69) is 52.1 Å². The number of ether oxygens (including phenoxy) is 1. The highest BCUT2D eigenvalue weighted by Crippen LogP contribution is 2.39. The Balaban J connectivity index is 1.45. The molecule has 1 saturated heterocycles. The molecule has 2 aliphatic rings. The van der Waals surface area contributed by atoms with Crippen LogP contribution in [0.5, 0.6) is 0 Å². The molecule has 154 valence electrons. The van der Waals surface area contributed by atoms with Gasteiger partial charge in [0.05, 0.1) is 18.2 Å². The van der Waals surface area contributed by atoms with Crippen LogP contribution in [0.25, 0.3) is 10.9 Å². The third kappa shape index (κ3) is 3.19. The van der Waals surface area contributed by atoms with Gasteiger partial charge in [-0.05, 0) is 54.3 Å². The van der Waals surface area contributed by atoms with Crippen molar-refractivity contribution in [2.75, 3.05) is 18.8 Å². The van der Waals surface area contributed by atoms with Crippen LogP contribution in [0.3, 0.4) is 0 Å². The van der Waals surface area contributed by atoms with Crippen molar-refractivity contribution in [2.45, 2.75) is 32.5 Å². The number of benzene rings is 2. The lowest BCUT2D eigenvalue weighted by molar-refractivity contribution is 0.0785. The molecule has 5 rings (SSSR count). The molecule has 1 amide bonds. The minimum atomic E-state index is -0.0673. The van der Waals surface area contributed by atoms with Crippen LogP contribution in [0, 0.1) is 5.92 Å². The first-order valence-corrected chi connectivity index (χ1v) is 11.1. The molecule has 1 aromatic heterocycles. The van der Waals surface area contributed by atoms with Gasteiger partial charge in [-0.3, -0.25) is 4.79 Å². The highest BCUT2D eigenvalue weighted by Gasteiger charge is 2.34. The number of fused-ring (bicyclic) bond motifs is 3. The van der Waals surface area contributed by atoms with Crippen LogP contribution in [0.1, 0.15) is 52.9 Å². The Hall–Kier alpha value is -2.44. The van der Waals surface area contributed by atoms with Crippen molar-refractivity contribution in [3.05, 3.63) is 69.2 Å². The van der Waals surface area contributed by atoms with Crippen molar-refractivity contribution in [1.29, 1.82) is 0 Å². The maximum atomic E-state index is 13.3. The fourth-order valence-corrected chi connectivity index (χ4v) is 5.12. The number of hydrogen-bond donors (Lipinski definition) is 1. The van der Waals surface area contributed by atoms with Gasteiger partial charge in [0.15, 0.2) is 0 Å². The number of pyridine rings is 1. The van der Waals surface area contributed by atoms with Gasteiger partial charge in [0, 0.05) is 40.0 Å². The van der Waals surface area contributed by atoms with Gasteiger partial charge in [0.1, 0.15) is 5.82 Å². The van der Waals surface area contributed by atoms with Crippen LogP contribution < -0.4 is 5.73 Å². The Labute approximate surface area is 184 Å². The number of carbonyl (C=O) groups excluding carboxylic acids is 1. The normalized spacial score (nSPS) is 23.2. The van der Waals surface area contributed by atoms with Crippen LogP contribution >= 0.6 is 15.9 Å². The van der Waals surface area contributed by atoms with Gasteiger partial charge in [-0.2, -0.15) is 0 Å². The minimum absolute atomic E-state index is 0.0673. The summed E-state index contributed by atoms with van der Waals surface area (Å²) in [5, 5.41) is 0.964. The third-order valence-corrected chi connectivity index (χ3v) is 7.02. The lowest BCUT2D eigenvalue weighted by Crippen LogP contribution is -2.28. The Morgan fingerprint density at radius 3 is 2.70 bits per heavy atom. The molecule has 3 atom stereocenters.